The molecule has 0 amide bonds. The van der Waals surface area contributed by atoms with Crippen LogP contribution in [0.2, 0.25) is 0 Å². The van der Waals surface area contributed by atoms with Crippen LogP contribution in [0.4, 0.5) is 4.39 Å². The summed E-state index contributed by atoms with van der Waals surface area (Å²) in [7, 11) is 0. The van der Waals surface area contributed by atoms with Gasteiger partial charge in [-0.2, -0.15) is 0 Å². The van der Waals surface area contributed by atoms with E-state index in [1.807, 2.05) is 36.4 Å². The Hall–Kier alpha value is -3.67. The maximum Gasteiger partial charge on any atom is 0.343 e. The SMILES string of the molecule is CCCCCCCCCOc1ccc(-c2ccc(C(=O)Oc3ccc(C(=O)OC(C)CCC(C)C)c(F)c3)cc2)cc1. The summed E-state index contributed by atoms with van der Waals surface area (Å²) in [6.07, 6.45) is 10.1. The van der Waals surface area contributed by atoms with Gasteiger partial charge in [0.05, 0.1) is 23.8 Å². The van der Waals surface area contributed by atoms with Crippen LogP contribution < -0.4 is 9.47 Å². The molecular formula is C36H45FO5. The molecule has 5 nitrogen and oxygen atoms in total. The predicted octanol–water partition coefficient (Wildman–Crippen LogP) is 9.82. The van der Waals surface area contributed by atoms with Crippen LogP contribution in [0.15, 0.2) is 66.7 Å². The number of rotatable bonds is 17. The zero-order chi connectivity index (χ0) is 30.3. The lowest BCUT2D eigenvalue weighted by atomic mass is 10.0. The zero-order valence-corrected chi connectivity index (χ0v) is 25.5. The average molecular weight is 577 g/mol. The number of carbonyl (C=O) groups excluding carboxylic acids is 2. The molecule has 0 aromatic heterocycles. The van der Waals surface area contributed by atoms with E-state index in [-0.39, 0.29) is 17.4 Å². The third-order valence-electron chi connectivity index (χ3n) is 7.15. The Balaban J connectivity index is 1.48. The third kappa shape index (κ3) is 11.0. The summed E-state index contributed by atoms with van der Waals surface area (Å²) >= 11 is 0. The van der Waals surface area contributed by atoms with E-state index in [9.17, 15) is 14.0 Å². The molecule has 1 unspecified atom stereocenters. The van der Waals surface area contributed by atoms with Gasteiger partial charge in [-0.15, -0.1) is 0 Å². The Morgan fingerprint density at radius 1 is 0.714 bits per heavy atom. The highest BCUT2D eigenvalue weighted by molar-refractivity contribution is 5.92. The van der Waals surface area contributed by atoms with E-state index in [1.54, 1.807) is 19.1 Å². The van der Waals surface area contributed by atoms with Crippen LogP contribution in [0.3, 0.4) is 0 Å². The molecule has 0 aliphatic rings. The van der Waals surface area contributed by atoms with E-state index in [2.05, 4.69) is 20.8 Å². The standard InChI is InChI=1S/C36H45FO5/c1-5-6-7-8-9-10-11-24-40-31-20-18-29(19-21-31)28-14-16-30(17-15-28)35(38)42-32-22-23-33(34(37)25-32)36(39)41-27(4)13-12-26(2)3/h14-23,25-27H,5-13,24H2,1-4H3. The molecule has 0 spiro atoms. The van der Waals surface area contributed by atoms with Crippen LogP contribution in [-0.4, -0.2) is 24.6 Å². The van der Waals surface area contributed by atoms with Crippen molar-refractivity contribution in [3.8, 4) is 22.6 Å². The average Bonchev–Trinajstić information content (AvgIpc) is 2.98. The topological polar surface area (TPSA) is 61.8 Å². The largest absolute Gasteiger partial charge is 0.494 e. The number of unbranched alkanes of at least 4 members (excludes halogenated alkanes) is 6. The van der Waals surface area contributed by atoms with Crippen LogP contribution in [0.1, 0.15) is 106 Å². The third-order valence-corrected chi connectivity index (χ3v) is 7.15. The van der Waals surface area contributed by atoms with Gasteiger partial charge >= 0.3 is 11.9 Å². The van der Waals surface area contributed by atoms with Crippen molar-refractivity contribution < 1.29 is 28.2 Å². The van der Waals surface area contributed by atoms with E-state index in [1.165, 1.54) is 50.7 Å². The first kappa shape index (κ1) is 32.8. The smallest absolute Gasteiger partial charge is 0.343 e. The highest BCUT2D eigenvalue weighted by Gasteiger charge is 2.18. The van der Waals surface area contributed by atoms with Crippen LogP contribution in [0.5, 0.6) is 11.5 Å². The quantitative estimate of drug-likeness (QED) is 0.0909. The molecule has 226 valence electrons. The van der Waals surface area contributed by atoms with Gasteiger partial charge in [0.1, 0.15) is 17.3 Å². The summed E-state index contributed by atoms with van der Waals surface area (Å²) in [5.74, 6) is -0.803. The summed E-state index contributed by atoms with van der Waals surface area (Å²) < 4.78 is 31.2. The summed E-state index contributed by atoms with van der Waals surface area (Å²) in [5, 5.41) is 0. The monoisotopic (exact) mass is 576 g/mol. The van der Waals surface area contributed by atoms with E-state index in [0.717, 1.165) is 42.4 Å². The van der Waals surface area contributed by atoms with Crippen molar-refractivity contribution >= 4 is 11.9 Å². The van der Waals surface area contributed by atoms with Gasteiger partial charge in [0.25, 0.3) is 0 Å². The minimum atomic E-state index is -0.799. The molecule has 3 aromatic carbocycles. The van der Waals surface area contributed by atoms with Crippen molar-refractivity contribution in [3.63, 3.8) is 0 Å². The van der Waals surface area contributed by atoms with E-state index in [4.69, 9.17) is 14.2 Å². The van der Waals surface area contributed by atoms with Crippen molar-refractivity contribution in [2.75, 3.05) is 6.61 Å². The van der Waals surface area contributed by atoms with Gasteiger partial charge in [0.2, 0.25) is 0 Å². The molecule has 0 aliphatic heterocycles. The Morgan fingerprint density at radius 3 is 1.93 bits per heavy atom. The summed E-state index contributed by atoms with van der Waals surface area (Å²) in [5.41, 5.74) is 2.09. The molecule has 0 N–H and O–H groups in total. The molecule has 0 fully saturated rings. The molecule has 0 heterocycles. The molecule has 6 heteroatoms. The molecule has 3 aromatic rings. The van der Waals surface area contributed by atoms with Gasteiger partial charge in [-0.3, -0.25) is 0 Å². The second kappa shape index (κ2) is 17.3. The number of esters is 2. The zero-order valence-electron chi connectivity index (χ0n) is 25.5. The van der Waals surface area contributed by atoms with Gasteiger partial charge < -0.3 is 14.2 Å². The summed E-state index contributed by atoms with van der Waals surface area (Å²) in [6, 6.07) is 18.6. The van der Waals surface area contributed by atoms with Gasteiger partial charge in [-0.1, -0.05) is 83.6 Å². The number of hydrogen-bond donors (Lipinski definition) is 0. The second-order valence-corrected chi connectivity index (χ2v) is 11.3. The fraction of sp³-hybridized carbons (Fsp3) is 0.444. The number of carbonyl (C=O) groups is 2. The lowest BCUT2D eigenvalue weighted by Gasteiger charge is -2.15. The number of halogens is 1. The van der Waals surface area contributed by atoms with E-state index in [0.29, 0.717) is 17.9 Å². The molecular weight excluding hydrogens is 531 g/mol. The molecule has 42 heavy (non-hydrogen) atoms. The van der Waals surface area contributed by atoms with E-state index >= 15 is 0 Å². The maximum absolute atomic E-state index is 14.6. The number of hydrogen-bond acceptors (Lipinski definition) is 5. The molecule has 1 atom stereocenters. The first-order valence-corrected chi connectivity index (χ1v) is 15.3. The lowest BCUT2D eigenvalue weighted by molar-refractivity contribution is 0.0308. The van der Waals surface area contributed by atoms with Crippen molar-refractivity contribution in [1.29, 1.82) is 0 Å². The van der Waals surface area contributed by atoms with Crippen LogP contribution in [-0.2, 0) is 4.74 Å². The minimum absolute atomic E-state index is 0.0121. The van der Waals surface area contributed by atoms with Gasteiger partial charge in [0.15, 0.2) is 0 Å². The van der Waals surface area contributed by atoms with Gasteiger partial charge in [-0.05, 0) is 79.6 Å². The summed E-state index contributed by atoms with van der Waals surface area (Å²) in [4.78, 5) is 25.0. The fourth-order valence-corrected chi connectivity index (χ4v) is 4.56. The molecule has 3 rings (SSSR count). The van der Waals surface area contributed by atoms with Gasteiger partial charge in [-0.25, -0.2) is 14.0 Å². The first-order valence-electron chi connectivity index (χ1n) is 15.3. The fourth-order valence-electron chi connectivity index (χ4n) is 4.56. The first-order chi connectivity index (χ1) is 20.3. The molecule has 0 aliphatic carbocycles. The molecule has 0 saturated carbocycles. The predicted molar refractivity (Wildman–Crippen MR) is 166 cm³/mol. The normalized spacial score (nSPS) is 11.8. The second-order valence-electron chi connectivity index (χ2n) is 11.3. The number of benzene rings is 3. The molecule has 0 bridgehead atoms. The summed E-state index contributed by atoms with van der Waals surface area (Å²) in [6.45, 7) is 8.93. The van der Waals surface area contributed by atoms with Crippen LogP contribution >= 0.6 is 0 Å². The van der Waals surface area contributed by atoms with Gasteiger partial charge in [0, 0.05) is 6.07 Å². The Bertz CT molecular complexity index is 1250. The molecule has 0 saturated heterocycles. The highest BCUT2D eigenvalue weighted by Crippen LogP contribution is 2.24. The van der Waals surface area contributed by atoms with Crippen LogP contribution in [0.25, 0.3) is 11.1 Å². The van der Waals surface area contributed by atoms with Crippen molar-refractivity contribution in [2.24, 2.45) is 5.92 Å². The highest BCUT2D eigenvalue weighted by atomic mass is 19.1. The lowest BCUT2D eigenvalue weighted by Crippen LogP contribution is -2.17. The van der Waals surface area contributed by atoms with Crippen LogP contribution in [0, 0.1) is 11.7 Å². The Morgan fingerprint density at radius 2 is 1.31 bits per heavy atom. The minimum Gasteiger partial charge on any atom is -0.494 e. The molecule has 0 radical (unpaired) electrons. The van der Waals surface area contributed by atoms with E-state index < -0.39 is 17.8 Å². The van der Waals surface area contributed by atoms with Crippen molar-refractivity contribution in [2.45, 2.75) is 91.6 Å². The maximum atomic E-state index is 14.6. The number of ether oxygens (including phenoxy) is 3. The Labute approximate surface area is 250 Å². The van der Waals surface area contributed by atoms with Crippen molar-refractivity contribution in [3.05, 3.63) is 83.7 Å². The van der Waals surface area contributed by atoms with Crippen molar-refractivity contribution in [1.82, 2.24) is 0 Å². The Kier molecular flexibility index (Phi) is 13.5.